The van der Waals surface area contributed by atoms with Crippen LogP contribution >= 0.6 is 0 Å². The fourth-order valence-corrected chi connectivity index (χ4v) is 2.80. The highest BCUT2D eigenvalue weighted by molar-refractivity contribution is 5.57. The smallest absolute Gasteiger partial charge is 0.141 e. The molecule has 2 nitrogen and oxygen atoms in total. The van der Waals surface area contributed by atoms with E-state index in [9.17, 15) is 0 Å². The van der Waals surface area contributed by atoms with Crippen molar-refractivity contribution < 1.29 is 4.74 Å². The Bertz CT molecular complexity index is 565. The van der Waals surface area contributed by atoms with Crippen molar-refractivity contribution in [2.24, 2.45) is 0 Å². The van der Waals surface area contributed by atoms with Crippen molar-refractivity contribution in [3.8, 4) is 5.75 Å². The first kappa shape index (κ1) is 12.1. The number of rotatable bonds is 3. The van der Waals surface area contributed by atoms with Crippen molar-refractivity contribution in [3.05, 3.63) is 59.7 Å². The minimum Gasteiger partial charge on any atom is -0.495 e. The van der Waals surface area contributed by atoms with E-state index in [1.807, 2.05) is 18.2 Å². The standard InChI is InChI=1S/C17H19NO/c1-19-17-9-5-4-8-16(17)18-15-11-10-13-6-2-3-7-14(13)12-15/h2-9,15,18H,10-12H2,1H3/t15-/m0/s1. The Hall–Kier alpha value is -1.96. The van der Waals surface area contributed by atoms with Crippen molar-refractivity contribution in [1.82, 2.24) is 0 Å². The second kappa shape index (κ2) is 5.35. The summed E-state index contributed by atoms with van der Waals surface area (Å²) >= 11 is 0. The van der Waals surface area contributed by atoms with Crippen LogP contribution in [0.15, 0.2) is 48.5 Å². The normalized spacial score (nSPS) is 17.6. The van der Waals surface area contributed by atoms with Gasteiger partial charge in [0.05, 0.1) is 12.8 Å². The van der Waals surface area contributed by atoms with Gasteiger partial charge < -0.3 is 10.1 Å². The van der Waals surface area contributed by atoms with Gasteiger partial charge in [-0.05, 0) is 42.5 Å². The van der Waals surface area contributed by atoms with Crippen LogP contribution in [0.5, 0.6) is 5.75 Å². The summed E-state index contributed by atoms with van der Waals surface area (Å²) in [6.07, 6.45) is 3.42. The Balaban J connectivity index is 1.75. The van der Waals surface area contributed by atoms with Crippen molar-refractivity contribution in [3.63, 3.8) is 0 Å². The molecule has 0 spiro atoms. The Kier molecular flexibility index (Phi) is 3.41. The van der Waals surface area contributed by atoms with Gasteiger partial charge in [0, 0.05) is 6.04 Å². The van der Waals surface area contributed by atoms with Crippen molar-refractivity contribution in [2.75, 3.05) is 12.4 Å². The van der Waals surface area contributed by atoms with Crippen molar-refractivity contribution in [2.45, 2.75) is 25.3 Å². The average Bonchev–Trinajstić information content (AvgIpc) is 2.48. The lowest BCUT2D eigenvalue weighted by Crippen LogP contribution is -2.27. The third-order valence-corrected chi connectivity index (χ3v) is 3.81. The summed E-state index contributed by atoms with van der Waals surface area (Å²) in [6.45, 7) is 0. The largest absolute Gasteiger partial charge is 0.495 e. The molecule has 2 aromatic rings. The van der Waals surface area contributed by atoms with Crippen LogP contribution in [-0.2, 0) is 12.8 Å². The van der Waals surface area contributed by atoms with Crippen molar-refractivity contribution >= 4 is 5.69 Å². The predicted molar refractivity (Wildman–Crippen MR) is 78.9 cm³/mol. The molecule has 1 aliphatic carbocycles. The van der Waals surface area contributed by atoms with Crippen LogP contribution in [-0.4, -0.2) is 13.2 Å². The number of fused-ring (bicyclic) bond motifs is 1. The van der Waals surface area contributed by atoms with Gasteiger partial charge in [0.1, 0.15) is 5.75 Å². The van der Waals surface area contributed by atoms with Crippen molar-refractivity contribution in [1.29, 1.82) is 0 Å². The number of methoxy groups -OCH3 is 1. The number of para-hydroxylation sites is 2. The summed E-state index contributed by atoms with van der Waals surface area (Å²) in [5, 5.41) is 3.62. The van der Waals surface area contributed by atoms with Crippen LogP contribution in [0, 0.1) is 0 Å². The van der Waals surface area contributed by atoms with E-state index in [4.69, 9.17) is 4.74 Å². The molecule has 0 radical (unpaired) electrons. The van der Waals surface area contributed by atoms with E-state index in [1.54, 1.807) is 7.11 Å². The molecular weight excluding hydrogens is 234 g/mol. The zero-order valence-corrected chi connectivity index (χ0v) is 11.2. The molecule has 19 heavy (non-hydrogen) atoms. The van der Waals surface area contributed by atoms with E-state index in [0.29, 0.717) is 6.04 Å². The highest BCUT2D eigenvalue weighted by Crippen LogP contribution is 2.28. The minimum atomic E-state index is 0.492. The summed E-state index contributed by atoms with van der Waals surface area (Å²) < 4.78 is 5.39. The fraction of sp³-hybridized carbons (Fsp3) is 0.294. The lowest BCUT2D eigenvalue weighted by molar-refractivity contribution is 0.415. The molecule has 1 N–H and O–H groups in total. The molecule has 0 bridgehead atoms. The van der Waals surface area contributed by atoms with E-state index in [1.165, 1.54) is 17.5 Å². The number of hydrogen-bond acceptors (Lipinski definition) is 2. The molecule has 0 saturated heterocycles. The highest BCUT2D eigenvalue weighted by Gasteiger charge is 2.18. The van der Waals surface area contributed by atoms with Gasteiger partial charge in [-0.3, -0.25) is 0 Å². The van der Waals surface area contributed by atoms with Gasteiger partial charge in [-0.2, -0.15) is 0 Å². The van der Waals surface area contributed by atoms with Gasteiger partial charge in [0.2, 0.25) is 0 Å². The van der Waals surface area contributed by atoms with Gasteiger partial charge in [-0.15, -0.1) is 0 Å². The monoisotopic (exact) mass is 253 g/mol. The van der Waals surface area contributed by atoms with E-state index in [0.717, 1.165) is 24.3 Å². The molecule has 98 valence electrons. The molecule has 0 amide bonds. The molecule has 0 fully saturated rings. The van der Waals surface area contributed by atoms with Crippen LogP contribution in [0.2, 0.25) is 0 Å². The maximum atomic E-state index is 5.39. The molecular formula is C17H19NO. The Labute approximate surface area is 114 Å². The molecule has 1 aliphatic rings. The lowest BCUT2D eigenvalue weighted by Gasteiger charge is -2.27. The number of aryl methyl sites for hydroxylation is 1. The van der Waals surface area contributed by atoms with Crippen LogP contribution < -0.4 is 10.1 Å². The molecule has 0 aromatic heterocycles. The number of benzene rings is 2. The van der Waals surface area contributed by atoms with Crippen LogP contribution in [0.4, 0.5) is 5.69 Å². The zero-order chi connectivity index (χ0) is 13.1. The van der Waals surface area contributed by atoms with Gasteiger partial charge in [0.25, 0.3) is 0 Å². The Morgan fingerprint density at radius 1 is 1.00 bits per heavy atom. The van der Waals surface area contributed by atoms with E-state index < -0.39 is 0 Å². The third-order valence-electron chi connectivity index (χ3n) is 3.81. The van der Waals surface area contributed by atoms with Gasteiger partial charge >= 0.3 is 0 Å². The van der Waals surface area contributed by atoms with Crippen LogP contribution in [0.3, 0.4) is 0 Å². The third kappa shape index (κ3) is 2.58. The number of hydrogen-bond donors (Lipinski definition) is 1. The minimum absolute atomic E-state index is 0.492. The Morgan fingerprint density at radius 3 is 2.58 bits per heavy atom. The van der Waals surface area contributed by atoms with E-state index in [2.05, 4.69) is 35.6 Å². The maximum Gasteiger partial charge on any atom is 0.141 e. The number of ether oxygens (including phenoxy) is 1. The topological polar surface area (TPSA) is 21.3 Å². The molecule has 1 atom stereocenters. The molecule has 2 heteroatoms. The summed E-state index contributed by atoms with van der Waals surface area (Å²) in [5.41, 5.74) is 4.07. The predicted octanol–water partition coefficient (Wildman–Crippen LogP) is 3.66. The molecule has 0 saturated carbocycles. The van der Waals surface area contributed by atoms with Gasteiger partial charge in [0.15, 0.2) is 0 Å². The first-order valence-corrected chi connectivity index (χ1v) is 6.83. The van der Waals surface area contributed by atoms with Crippen LogP contribution in [0.1, 0.15) is 17.5 Å². The summed E-state index contributed by atoms with van der Waals surface area (Å²) in [4.78, 5) is 0. The Morgan fingerprint density at radius 2 is 1.74 bits per heavy atom. The fourth-order valence-electron chi connectivity index (χ4n) is 2.80. The van der Waals surface area contributed by atoms with Gasteiger partial charge in [-0.25, -0.2) is 0 Å². The van der Waals surface area contributed by atoms with Crippen LogP contribution in [0.25, 0.3) is 0 Å². The summed E-state index contributed by atoms with van der Waals surface area (Å²) in [6, 6.07) is 17.4. The quantitative estimate of drug-likeness (QED) is 0.901. The van der Waals surface area contributed by atoms with Gasteiger partial charge in [-0.1, -0.05) is 36.4 Å². The highest BCUT2D eigenvalue weighted by atomic mass is 16.5. The summed E-state index contributed by atoms with van der Waals surface area (Å²) in [7, 11) is 1.72. The number of anilines is 1. The number of nitrogens with one attached hydrogen (secondary N) is 1. The van der Waals surface area contributed by atoms with E-state index in [-0.39, 0.29) is 0 Å². The lowest BCUT2D eigenvalue weighted by atomic mass is 9.88. The maximum absolute atomic E-state index is 5.39. The molecule has 2 aromatic carbocycles. The summed E-state index contributed by atoms with van der Waals surface area (Å²) in [5.74, 6) is 0.918. The first-order chi connectivity index (χ1) is 9.36. The molecule has 0 aliphatic heterocycles. The molecule has 0 heterocycles. The molecule has 3 rings (SSSR count). The second-order valence-corrected chi connectivity index (χ2v) is 5.05. The zero-order valence-electron chi connectivity index (χ0n) is 11.2. The van der Waals surface area contributed by atoms with E-state index >= 15 is 0 Å². The molecule has 0 unspecified atom stereocenters. The SMILES string of the molecule is COc1ccccc1N[C@H]1CCc2ccccc2C1. The average molecular weight is 253 g/mol. The second-order valence-electron chi connectivity index (χ2n) is 5.05. The first-order valence-electron chi connectivity index (χ1n) is 6.83.